The van der Waals surface area contributed by atoms with Crippen LogP contribution in [-0.2, 0) is 4.79 Å². The average molecular weight is 293 g/mol. The Morgan fingerprint density at radius 3 is 2.70 bits per heavy atom. The molecule has 0 bridgehead atoms. The lowest BCUT2D eigenvalue weighted by Gasteiger charge is -2.24. The van der Waals surface area contributed by atoms with Gasteiger partial charge in [0, 0.05) is 6.04 Å². The minimum Gasteiger partial charge on any atom is -0.480 e. The molecule has 0 aliphatic rings. The Morgan fingerprint density at radius 1 is 1.40 bits per heavy atom. The number of anilines is 1. The van der Waals surface area contributed by atoms with Crippen molar-refractivity contribution < 1.29 is 14.7 Å². The van der Waals surface area contributed by atoms with Crippen LogP contribution in [0.3, 0.4) is 0 Å². The van der Waals surface area contributed by atoms with Crippen LogP contribution in [0.2, 0.25) is 0 Å². The number of amides is 2. The minimum atomic E-state index is -1.04. The van der Waals surface area contributed by atoms with Gasteiger partial charge in [-0.3, -0.25) is 10.1 Å². The van der Waals surface area contributed by atoms with E-state index >= 15 is 0 Å². The fourth-order valence-corrected chi connectivity index (χ4v) is 2.58. The van der Waals surface area contributed by atoms with Gasteiger partial charge in [-0.25, -0.2) is 9.78 Å². The molecule has 0 saturated carbocycles. The van der Waals surface area contributed by atoms with Crippen LogP contribution in [-0.4, -0.2) is 39.6 Å². The van der Waals surface area contributed by atoms with Crippen molar-refractivity contribution in [1.82, 2.24) is 9.88 Å². The van der Waals surface area contributed by atoms with Crippen molar-refractivity contribution in [3.63, 3.8) is 0 Å². The van der Waals surface area contributed by atoms with Gasteiger partial charge in [0.2, 0.25) is 0 Å². The van der Waals surface area contributed by atoms with E-state index in [9.17, 15) is 9.59 Å². The Bertz CT molecular complexity index is 606. The third kappa shape index (κ3) is 3.24. The molecule has 0 aliphatic heterocycles. The number of hydrogen-bond donors (Lipinski definition) is 2. The van der Waals surface area contributed by atoms with Crippen LogP contribution >= 0.6 is 11.3 Å². The molecule has 2 aromatic rings. The molecule has 6 nitrogen and oxygen atoms in total. The summed E-state index contributed by atoms with van der Waals surface area (Å²) in [5.74, 6) is -1.04. The van der Waals surface area contributed by atoms with E-state index in [1.165, 1.54) is 16.2 Å². The maximum atomic E-state index is 12.1. The third-order valence-corrected chi connectivity index (χ3v) is 3.65. The topological polar surface area (TPSA) is 82.5 Å². The van der Waals surface area contributed by atoms with Gasteiger partial charge >= 0.3 is 12.0 Å². The number of urea groups is 1. The van der Waals surface area contributed by atoms with Gasteiger partial charge in [0.05, 0.1) is 10.2 Å². The van der Waals surface area contributed by atoms with Crippen LogP contribution in [0.4, 0.5) is 9.93 Å². The molecule has 20 heavy (non-hydrogen) atoms. The first-order valence-electron chi connectivity index (χ1n) is 6.12. The van der Waals surface area contributed by atoms with Gasteiger partial charge in [0.1, 0.15) is 6.54 Å². The standard InChI is InChI=1S/C13H15N3O3S/c1-8(2)16(7-11(17)18)13(19)15-12-14-9-5-3-4-6-10(9)20-12/h3-6,8H,7H2,1-2H3,(H,17,18)(H,14,15,19). The molecule has 106 valence electrons. The van der Waals surface area contributed by atoms with Crippen LogP contribution in [0.25, 0.3) is 10.2 Å². The first-order valence-corrected chi connectivity index (χ1v) is 6.94. The number of carbonyl (C=O) groups excluding carboxylic acids is 1. The molecular formula is C13H15N3O3S. The second-order valence-electron chi connectivity index (χ2n) is 4.53. The summed E-state index contributed by atoms with van der Waals surface area (Å²) in [6.45, 7) is 3.19. The fourth-order valence-electron chi connectivity index (χ4n) is 1.72. The third-order valence-electron chi connectivity index (χ3n) is 2.70. The lowest BCUT2D eigenvalue weighted by Crippen LogP contribution is -2.43. The number of nitrogens with one attached hydrogen (secondary N) is 1. The molecule has 0 fully saturated rings. The molecule has 0 aliphatic carbocycles. The fraction of sp³-hybridized carbons (Fsp3) is 0.308. The highest BCUT2D eigenvalue weighted by atomic mass is 32.1. The molecular weight excluding hydrogens is 278 g/mol. The van der Waals surface area contributed by atoms with Gasteiger partial charge in [-0.2, -0.15) is 0 Å². The summed E-state index contributed by atoms with van der Waals surface area (Å²) in [6.07, 6.45) is 0. The zero-order valence-corrected chi connectivity index (χ0v) is 12.0. The summed E-state index contributed by atoms with van der Waals surface area (Å²) in [5.41, 5.74) is 0.808. The van der Waals surface area contributed by atoms with Crippen molar-refractivity contribution in [3.05, 3.63) is 24.3 Å². The van der Waals surface area contributed by atoms with Crippen molar-refractivity contribution in [3.8, 4) is 0 Å². The molecule has 0 spiro atoms. The largest absolute Gasteiger partial charge is 0.480 e. The molecule has 0 saturated heterocycles. The number of carbonyl (C=O) groups is 2. The number of para-hydroxylation sites is 1. The Hall–Kier alpha value is -2.15. The van der Waals surface area contributed by atoms with Gasteiger partial charge in [0.15, 0.2) is 5.13 Å². The van der Waals surface area contributed by atoms with Gasteiger partial charge in [-0.15, -0.1) is 0 Å². The Kier molecular flexibility index (Phi) is 4.19. The number of hydrogen-bond acceptors (Lipinski definition) is 4. The van der Waals surface area contributed by atoms with E-state index in [2.05, 4.69) is 10.3 Å². The normalized spacial score (nSPS) is 10.8. The van der Waals surface area contributed by atoms with Crippen LogP contribution in [0, 0.1) is 0 Å². The summed E-state index contributed by atoms with van der Waals surface area (Å²) in [6, 6.07) is 6.89. The second kappa shape index (κ2) is 5.87. The Balaban J connectivity index is 2.14. The van der Waals surface area contributed by atoms with E-state index in [1.54, 1.807) is 13.8 Å². The second-order valence-corrected chi connectivity index (χ2v) is 5.56. The summed E-state index contributed by atoms with van der Waals surface area (Å²) in [4.78, 5) is 28.4. The number of nitrogens with zero attached hydrogens (tertiary/aromatic N) is 2. The SMILES string of the molecule is CC(C)N(CC(=O)O)C(=O)Nc1nc2ccccc2s1. The van der Waals surface area contributed by atoms with E-state index < -0.39 is 12.0 Å². The van der Waals surface area contributed by atoms with Crippen molar-refractivity contribution in [2.75, 3.05) is 11.9 Å². The van der Waals surface area contributed by atoms with Crippen molar-refractivity contribution in [1.29, 1.82) is 0 Å². The zero-order chi connectivity index (χ0) is 14.7. The highest BCUT2D eigenvalue weighted by Gasteiger charge is 2.20. The van der Waals surface area contributed by atoms with Crippen molar-refractivity contribution in [2.45, 2.75) is 19.9 Å². The highest BCUT2D eigenvalue weighted by molar-refractivity contribution is 7.22. The van der Waals surface area contributed by atoms with Crippen LogP contribution in [0.5, 0.6) is 0 Å². The monoisotopic (exact) mass is 293 g/mol. The molecule has 2 amide bonds. The molecule has 0 atom stereocenters. The Labute approximate surface area is 120 Å². The Morgan fingerprint density at radius 2 is 2.10 bits per heavy atom. The van der Waals surface area contributed by atoms with Crippen molar-refractivity contribution in [2.24, 2.45) is 0 Å². The maximum absolute atomic E-state index is 12.1. The molecule has 7 heteroatoms. The molecule has 0 unspecified atom stereocenters. The summed E-state index contributed by atoms with van der Waals surface area (Å²) in [7, 11) is 0. The van der Waals surface area contributed by atoms with Crippen LogP contribution in [0.15, 0.2) is 24.3 Å². The van der Waals surface area contributed by atoms with E-state index in [0.717, 1.165) is 10.2 Å². The van der Waals surface area contributed by atoms with Crippen molar-refractivity contribution >= 4 is 38.7 Å². The molecule has 2 rings (SSSR count). The van der Waals surface area contributed by atoms with E-state index in [1.807, 2.05) is 24.3 Å². The van der Waals surface area contributed by atoms with E-state index in [0.29, 0.717) is 5.13 Å². The number of aliphatic carboxylic acids is 1. The van der Waals surface area contributed by atoms with Crippen LogP contribution < -0.4 is 5.32 Å². The van der Waals surface area contributed by atoms with Crippen LogP contribution in [0.1, 0.15) is 13.8 Å². The van der Waals surface area contributed by atoms with Gasteiger partial charge in [0.25, 0.3) is 0 Å². The summed E-state index contributed by atoms with van der Waals surface area (Å²) >= 11 is 1.36. The smallest absolute Gasteiger partial charge is 0.324 e. The highest BCUT2D eigenvalue weighted by Crippen LogP contribution is 2.25. The average Bonchev–Trinajstić information content (AvgIpc) is 2.77. The lowest BCUT2D eigenvalue weighted by atomic mass is 10.3. The minimum absolute atomic E-state index is 0.208. The molecule has 1 aromatic carbocycles. The number of thiazole rings is 1. The van der Waals surface area contributed by atoms with Gasteiger partial charge in [-0.1, -0.05) is 23.5 Å². The summed E-state index contributed by atoms with van der Waals surface area (Å²) in [5, 5.41) is 11.9. The number of fused-ring (bicyclic) bond motifs is 1. The molecule has 2 N–H and O–H groups in total. The number of carboxylic acid groups (broad SMARTS) is 1. The molecule has 0 radical (unpaired) electrons. The number of benzene rings is 1. The van der Waals surface area contributed by atoms with Gasteiger partial charge < -0.3 is 10.0 Å². The van der Waals surface area contributed by atoms with Gasteiger partial charge in [-0.05, 0) is 26.0 Å². The number of rotatable bonds is 4. The first kappa shape index (κ1) is 14.3. The van der Waals surface area contributed by atoms with E-state index in [-0.39, 0.29) is 12.6 Å². The predicted octanol–water partition coefficient (Wildman–Crippen LogP) is 2.62. The molecule has 1 heterocycles. The summed E-state index contributed by atoms with van der Waals surface area (Å²) < 4.78 is 0.970. The van der Waals surface area contributed by atoms with E-state index in [4.69, 9.17) is 5.11 Å². The zero-order valence-electron chi connectivity index (χ0n) is 11.2. The quantitative estimate of drug-likeness (QED) is 0.907. The first-order chi connectivity index (χ1) is 9.47. The number of carboxylic acids is 1. The molecule has 1 aromatic heterocycles. The number of aromatic nitrogens is 1. The maximum Gasteiger partial charge on any atom is 0.324 e. The lowest BCUT2D eigenvalue weighted by molar-refractivity contribution is -0.137. The predicted molar refractivity (Wildman–Crippen MR) is 78.1 cm³/mol.